The molecule has 0 aromatic rings. The molecule has 1 N–H and O–H groups in total. The summed E-state index contributed by atoms with van der Waals surface area (Å²) in [6.07, 6.45) is 53.5. The molecule has 0 aliphatic rings. The molecule has 0 amide bonds. The number of quaternary nitrogens is 1. The van der Waals surface area contributed by atoms with Crippen molar-refractivity contribution in [2.45, 2.75) is 180 Å². The van der Waals surface area contributed by atoms with Gasteiger partial charge in [-0.1, -0.05) is 157 Å². The van der Waals surface area contributed by atoms with Gasteiger partial charge >= 0.3 is 17.9 Å². The van der Waals surface area contributed by atoms with E-state index in [9.17, 15) is 19.5 Å². The number of carboxylic acids is 1. The molecule has 0 radical (unpaired) electrons. The first-order valence-electron chi connectivity index (χ1n) is 23.1. The highest BCUT2D eigenvalue weighted by atomic mass is 16.6. The van der Waals surface area contributed by atoms with Gasteiger partial charge in [-0.3, -0.25) is 9.59 Å². The maximum absolute atomic E-state index is 12.7. The maximum Gasteiger partial charge on any atom is 0.362 e. The summed E-state index contributed by atoms with van der Waals surface area (Å²) in [7, 11) is 5.50. The van der Waals surface area contributed by atoms with E-state index >= 15 is 0 Å². The number of unbranched alkanes of at least 4 members (excludes halogenated alkanes) is 13. The zero-order valence-electron chi connectivity index (χ0n) is 38.2. The number of nitrogens with zero attached hydrogens (tertiary/aromatic N) is 1. The topological polar surface area (TPSA) is 99.1 Å². The Balaban J connectivity index is 4.46. The highest BCUT2D eigenvalue weighted by Gasteiger charge is 2.31. The number of ether oxygens (including phenoxy) is 3. The number of esters is 2. The number of likely N-dealkylation sites (N-methyl/N-ethyl adjacent to an activating group) is 1. The third-order valence-corrected chi connectivity index (χ3v) is 9.81. The highest BCUT2D eigenvalue weighted by Crippen LogP contribution is 2.13. The first-order valence-corrected chi connectivity index (χ1v) is 23.1. The van der Waals surface area contributed by atoms with Crippen molar-refractivity contribution in [3.05, 3.63) is 85.1 Å². The molecule has 2 unspecified atom stereocenters. The Kier molecular flexibility index (Phi) is 38.8. The van der Waals surface area contributed by atoms with Gasteiger partial charge in [0.05, 0.1) is 34.4 Å². The van der Waals surface area contributed by atoms with Gasteiger partial charge < -0.3 is 23.8 Å². The lowest BCUT2D eigenvalue weighted by Crippen LogP contribution is -2.50. The molecule has 8 nitrogen and oxygen atoms in total. The van der Waals surface area contributed by atoms with Crippen LogP contribution < -0.4 is 0 Å². The average molecular weight is 825 g/mol. The number of rotatable bonds is 40. The van der Waals surface area contributed by atoms with E-state index in [4.69, 9.17) is 14.2 Å². The summed E-state index contributed by atoms with van der Waals surface area (Å²) >= 11 is 0. The lowest BCUT2D eigenvalue weighted by Gasteiger charge is -2.31. The van der Waals surface area contributed by atoms with Crippen molar-refractivity contribution >= 4 is 17.9 Å². The summed E-state index contributed by atoms with van der Waals surface area (Å²) in [5, 5.41) is 9.63. The summed E-state index contributed by atoms with van der Waals surface area (Å²) in [5.41, 5.74) is 0. The molecule has 0 spiro atoms. The fourth-order valence-corrected chi connectivity index (χ4v) is 6.23. The molecule has 336 valence electrons. The van der Waals surface area contributed by atoms with E-state index in [2.05, 4.69) is 98.9 Å². The van der Waals surface area contributed by atoms with Crippen molar-refractivity contribution < 1.29 is 38.2 Å². The van der Waals surface area contributed by atoms with Crippen molar-refractivity contribution in [3.63, 3.8) is 0 Å². The quantitative estimate of drug-likeness (QED) is 0.0216. The second-order valence-electron chi connectivity index (χ2n) is 16.3. The lowest BCUT2D eigenvalue weighted by atomic mass is 10.1. The van der Waals surface area contributed by atoms with Gasteiger partial charge in [0, 0.05) is 19.3 Å². The molecule has 8 heteroatoms. The highest BCUT2D eigenvalue weighted by molar-refractivity contribution is 5.72. The average Bonchev–Trinajstić information content (AvgIpc) is 3.19. The predicted octanol–water partition coefficient (Wildman–Crippen LogP) is 12.9. The monoisotopic (exact) mass is 825 g/mol. The van der Waals surface area contributed by atoms with Crippen LogP contribution in [-0.4, -0.2) is 80.6 Å². The first-order chi connectivity index (χ1) is 28.6. The summed E-state index contributed by atoms with van der Waals surface area (Å²) in [6, 6.07) is -0.630. The summed E-state index contributed by atoms with van der Waals surface area (Å²) < 4.78 is 17.2. The fraction of sp³-hybridized carbons (Fsp3) is 0.667. The minimum Gasteiger partial charge on any atom is -0.477 e. The largest absolute Gasteiger partial charge is 0.477 e. The molecule has 0 bridgehead atoms. The van der Waals surface area contributed by atoms with Crippen molar-refractivity contribution in [1.29, 1.82) is 0 Å². The van der Waals surface area contributed by atoms with Gasteiger partial charge in [0.2, 0.25) is 0 Å². The third kappa shape index (κ3) is 39.7. The maximum atomic E-state index is 12.7. The molecule has 0 aliphatic heterocycles. The predicted molar refractivity (Wildman–Crippen MR) is 247 cm³/mol. The standard InChI is InChI=1S/C51H85NO7/c1-6-8-10-12-14-16-18-20-22-24-26-28-30-32-34-36-38-40-42-50(54)59-47(45-57-44-43-48(51(55)56)52(3,4)5)46-58-49(53)41-39-37-35-33-31-29-27-25-23-21-19-17-15-13-11-9-7-2/h9,11,15,17,21-24,26-29,33,35,47-48H,6-8,10,12-14,16,18-20,25,30-32,34,36-46H2,1-5H3/p+1/b11-9+,17-15+,23-21+,24-22+,28-26+,29-27+,35-33+. The van der Waals surface area contributed by atoms with Crippen molar-refractivity contribution in [2.75, 3.05) is 41.0 Å². The van der Waals surface area contributed by atoms with Gasteiger partial charge in [0.15, 0.2) is 12.1 Å². The van der Waals surface area contributed by atoms with Gasteiger partial charge in [-0.15, -0.1) is 0 Å². The van der Waals surface area contributed by atoms with E-state index in [1.165, 1.54) is 44.9 Å². The SMILES string of the molecule is CC/C=C/C/C=C/C/C=C/C/C=C/C/C=C/CCCC(=O)OCC(COCCC(C(=O)O)[N+](C)(C)C)OC(=O)CCCCCCC/C=C/C=C/CCCCCCCCC. The molecule has 0 aromatic heterocycles. The molecular formula is C51H86NO7+. The second kappa shape index (κ2) is 41.3. The first kappa shape index (κ1) is 55.5. The van der Waals surface area contributed by atoms with Gasteiger partial charge in [0.25, 0.3) is 0 Å². The van der Waals surface area contributed by atoms with Crippen LogP contribution in [0.2, 0.25) is 0 Å². The van der Waals surface area contributed by atoms with Crippen LogP contribution in [0, 0.1) is 0 Å². The Morgan fingerprint density at radius 2 is 1.02 bits per heavy atom. The number of hydrogen-bond acceptors (Lipinski definition) is 6. The Labute approximate surface area is 361 Å². The smallest absolute Gasteiger partial charge is 0.362 e. The third-order valence-electron chi connectivity index (χ3n) is 9.81. The molecular weight excluding hydrogens is 739 g/mol. The van der Waals surface area contributed by atoms with E-state index in [0.717, 1.165) is 83.5 Å². The zero-order chi connectivity index (χ0) is 43.5. The van der Waals surface area contributed by atoms with Gasteiger partial charge in [0.1, 0.15) is 6.61 Å². The molecule has 59 heavy (non-hydrogen) atoms. The summed E-state index contributed by atoms with van der Waals surface area (Å²) in [6.45, 7) is 4.53. The molecule has 0 aliphatic carbocycles. The van der Waals surface area contributed by atoms with Gasteiger partial charge in [-0.2, -0.15) is 0 Å². The molecule has 0 aromatic carbocycles. The Bertz CT molecular complexity index is 1240. The summed E-state index contributed by atoms with van der Waals surface area (Å²) in [5.74, 6) is -1.57. The normalized spacial score (nSPS) is 13.7. The van der Waals surface area contributed by atoms with Crippen LogP contribution in [0.5, 0.6) is 0 Å². The van der Waals surface area contributed by atoms with Crippen LogP contribution in [0.1, 0.15) is 168 Å². The van der Waals surface area contributed by atoms with Crippen molar-refractivity contribution in [1.82, 2.24) is 0 Å². The van der Waals surface area contributed by atoms with Crippen molar-refractivity contribution in [3.8, 4) is 0 Å². The number of allylic oxidation sites excluding steroid dienone is 14. The van der Waals surface area contributed by atoms with Crippen molar-refractivity contribution in [2.24, 2.45) is 0 Å². The second-order valence-corrected chi connectivity index (χ2v) is 16.3. The number of carbonyl (C=O) groups is 3. The molecule has 0 saturated heterocycles. The fourth-order valence-electron chi connectivity index (χ4n) is 6.23. The molecule has 0 saturated carbocycles. The van der Waals surface area contributed by atoms with Crippen LogP contribution in [0.3, 0.4) is 0 Å². The molecule has 0 fully saturated rings. The molecule has 0 rings (SSSR count). The van der Waals surface area contributed by atoms with E-state index in [1.807, 2.05) is 21.1 Å². The Morgan fingerprint density at radius 3 is 1.54 bits per heavy atom. The lowest BCUT2D eigenvalue weighted by molar-refractivity contribution is -0.887. The zero-order valence-corrected chi connectivity index (χ0v) is 38.2. The number of carbonyl (C=O) groups excluding carboxylic acids is 2. The number of hydrogen-bond donors (Lipinski definition) is 1. The van der Waals surface area contributed by atoms with E-state index in [0.29, 0.717) is 19.3 Å². The van der Waals surface area contributed by atoms with Crippen LogP contribution >= 0.6 is 0 Å². The molecule has 2 atom stereocenters. The Hall–Kier alpha value is -3.49. The number of carboxylic acid groups (broad SMARTS) is 1. The van der Waals surface area contributed by atoms with Gasteiger partial charge in [-0.25, -0.2) is 4.79 Å². The number of aliphatic carboxylic acids is 1. The minimum atomic E-state index is -0.888. The van der Waals surface area contributed by atoms with E-state index in [1.54, 1.807) is 0 Å². The summed E-state index contributed by atoms with van der Waals surface area (Å²) in [4.78, 5) is 37.0. The van der Waals surface area contributed by atoms with E-state index < -0.39 is 18.1 Å². The van der Waals surface area contributed by atoms with Crippen LogP contribution in [0.4, 0.5) is 0 Å². The van der Waals surface area contributed by atoms with E-state index in [-0.39, 0.29) is 42.7 Å². The minimum absolute atomic E-state index is 0.0321. The van der Waals surface area contributed by atoms with Crippen LogP contribution in [0.15, 0.2) is 85.1 Å². The Morgan fingerprint density at radius 1 is 0.542 bits per heavy atom. The van der Waals surface area contributed by atoms with Gasteiger partial charge in [-0.05, 0) is 77.0 Å². The molecule has 0 heterocycles. The van der Waals surface area contributed by atoms with Crippen LogP contribution in [-0.2, 0) is 28.6 Å². The van der Waals surface area contributed by atoms with Crippen LogP contribution in [0.25, 0.3) is 0 Å².